The van der Waals surface area contributed by atoms with Crippen molar-refractivity contribution >= 4 is 0 Å². The minimum atomic E-state index is 0.411. The lowest BCUT2D eigenvalue weighted by Crippen LogP contribution is -2.20. The molecule has 0 radical (unpaired) electrons. The van der Waals surface area contributed by atoms with E-state index < -0.39 is 0 Å². The Bertz CT molecular complexity index is 473. The molecule has 0 aliphatic carbocycles. The fourth-order valence-corrected chi connectivity index (χ4v) is 2.38. The molecule has 0 saturated carbocycles. The molecule has 0 amide bonds. The average molecular weight is 271 g/mol. The average Bonchev–Trinajstić information content (AvgIpc) is 2.98. The molecule has 0 fully saturated rings. The van der Waals surface area contributed by atoms with Gasteiger partial charge in [-0.2, -0.15) is 0 Å². The van der Waals surface area contributed by atoms with Crippen molar-refractivity contribution in [2.45, 2.75) is 45.7 Å². The van der Waals surface area contributed by atoms with Crippen molar-refractivity contribution in [1.29, 1.82) is 0 Å². The summed E-state index contributed by atoms with van der Waals surface area (Å²) in [4.78, 5) is 4.05. The first-order valence-electron chi connectivity index (χ1n) is 7.57. The largest absolute Gasteiger partial charge is 0.337 e. The third-order valence-electron chi connectivity index (χ3n) is 3.62. The maximum Gasteiger partial charge on any atom is 0.0945 e. The Morgan fingerprint density at radius 1 is 1.25 bits per heavy atom. The molecule has 108 valence electrons. The van der Waals surface area contributed by atoms with E-state index in [1.165, 1.54) is 24.0 Å². The number of rotatable bonds is 8. The summed E-state index contributed by atoms with van der Waals surface area (Å²) >= 11 is 0. The quantitative estimate of drug-likeness (QED) is 0.744. The van der Waals surface area contributed by atoms with Crippen LogP contribution in [0, 0.1) is 0 Å². The van der Waals surface area contributed by atoms with E-state index in [2.05, 4.69) is 53.0 Å². The molecule has 1 atom stereocenters. The molecule has 2 aromatic rings. The first-order valence-corrected chi connectivity index (χ1v) is 7.57. The molecule has 1 unspecified atom stereocenters. The van der Waals surface area contributed by atoms with Crippen LogP contribution in [0.15, 0.2) is 43.0 Å². The summed E-state index contributed by atoms with van der Waals surface area (Å²) in [5, 5.41) is 3.58. The third-order valence-corrected chi connectivity index (χ3v) is 3.62. The maximum atomic E-state index is 4.05. The monoisotopic (exact) mass is 271 g/mol. The predicted molar refractivity (Wildman–Crippen MR) is 83.7 cm³/mol. The molecule has 3 heteroatoms. The van der Waals surface area contributed by atoms with Gasteiger partial charge in [-0.05, 0) is 37.4 Å². The van der Waals surface area contributed by atoms with Gasteiger partial charge in [-0.25, -0.2) is 4.98 Å². The highest BCUT2D eigenvalue weighted by Gasteiger charge is 2.04. The minimum Gasteiger partial charge on any atom is -0.337 e. The van der Waals surface area contributed by atoms with Gasteiger partial charge in [0.1, 0.15) is 0 Å². The van der Waals surface area contributed by atoms with Crippen molar-refractivity contribution in [3.63, 3.8) is 0 Å². The van der Waals surface area contributed by atoms with Crippen molar-refractivity contribution in [2.24, 2.45) is 0 Å². The van der Waals surface area contributed by atoms with Crippen LogP contribution in [0.25, 0.3) is 0 Å². The lowest BCUT2D eigenvalue weighted by molar-refractivity contribution is 0.526. The van der Waals surface area contributed by atoms with Crippen molar-refractivity contribution in [3.8, 4) is 0 Å². The Morgan fingerprint density at radius 2 is 2.05 bits per heavy atom. The van der Waals surface area contributed by atoms with Crippen LogP contribution in [0.3, 0.4) is 0 Å². The highest BCUT2D eigenvalue weighted by atomic mass is 15.0. The van der Waals surface area contributed by atoms with Gasteiger partial charge in [-0.1, -0.05) is 37.6 Å². The summed E-state index contributed by atoms with van der Waals surface area (Å²) in [7, 11) is 0. The smallest absolute Gasteiger partial charge is 0.0945 e. The Hall–Kier alpha value is -1.61. The van der Waals surface area contributed by atoms with E-state index in [4.69, 9.17) is 0 Å². The third kappa shape index (κ3) is 4.49. The van der Waals surface area contributed by atoms with Gasteiger partial charge in [0.15, 0.2) is 0 Å². The van der Waals surface area contributed by atoms with E-state index in [0.717, 1.165) is 19.5 Å². The van der Waals surface area contributed by atoms with Crippen LogP contribution in [0.2, 0.25) is 0 Å². The standard InChI is InChI=1S/C17H25N3/c1-3-5-16-6-8-17(9-7-16)15(2)19-10-4-12-20-13-11-18-14-20/h6-9,11,13-15,19H,3-5,10,12H2,1-2H3. The van der Waals surface area contributed by atoms with Crippen molar-refractivity contribution in [1.82, 2.24) is 14.9 Å². The van der Waals surface area contributed by atoms with Crippen LogP contribution in [-0.4, -0.2) is 16.1 Å². The molecular formula is C17H25N3. The van der Waals surface area contributed by atoms with Crippen molar-refractivity contribution < 1.29 is 0 Å². The summed E-state index contributed by atoms with van der Waals surface area (Å²) in [6.45, 7) is 6.50. The topological polar surface area (TPSA) is 29.9 Å². The molecule has 1 aromatic carbocycles. The summed E-state index contributed by atoms with van der Waals surface area (Å²) in [6.07, 6.45) is 9.21. The summed E-state index contributed by atoms with van der Waals surface area (Å²) in [6, 6.07) is 9.41. The van der Waals surface area contributed by atoms with E-state index in [-0.39, 0.29) is 0 Å². The van der Waals surface area contributed by atoms with Gasteiger partial charge in [-0.15, -0.1) is 0 Å². The highest BCUT2D eigenvalue weighted by molar-refractivity contribution is 5.24. The zero-order valence-corrected chi connectivity index (χ0v) is 12.5. The van der Waals surface area contributed by atoms with E-state index in [1.807, 2.05) is 18.7 Å². The Balaban J connectivity index is 1.72. The first-order chi connectivity index (χ1) is 9.79. The number of nitrogens with one attached hydrogen (secondary N) is 1. The number of aryl methyl sites for hydroxylation is 2. The van der Waals surface area contributed by atoms with E-state index >= 15 is 0 Å². The molecule has 1 N–H and O–H groups in total. The number of nitrogens with zero attached hydrogens (tertiary/aromatic N) is 2. The van der Waals surface area contributed by atoms with Crippen molar-refractivity contribution in [3.05, 3.63) is 54.1 Å². The Kier molecular flexibility index (Phi) is 5.81. The summed E-state index contributed by atoms with van der Waals surface area (Å²) in [5.74, 6) is 0. The summed E-state index contributed by atoms with van der Waals surface area (Å²) in [5.41, 5.74) is 2.80. The lowest BCUT2D eigenvalue weighted by atomic mass is 10.0. The van der Waals surface area contributed by atoms with Gasteiger partial charge < -0.3 is 9.88 Å². The zero-order valence-electron chi connectivity index (χ0n) is 12.5. The lowest BCUT2D eigenvalue weighted by Gasteiger charge is -2.15. The number of hydrogen-bond acceptors (Lipinski definition) is 2. The minimum absolute atomic E-state index is 0.411. The van der Waals surface area contributed by atoms with Crippen LogP contribution in [0.1, 0.15) is 43.9 Å². The Labute approximate surface area is 122 Å². The number of benzene rings is 1. The SMILES string of the molecule is CCCc1ccc(C(C)NCCCn2ccnc2)cc1. The van der Waals surface area contributed by atoms with E-state index in [1.54, 1.807) is 0 Å². The van der Waals surface area contributed by atoms with Gasteiger partial charge >= 0.3 is 0 Å². The zero-order chi connectivity index (χ0) is 14.2. The molecular weight excluding hydrogens is 246 g/mol. The predicted octanol–water partition coefficient (Wildman–Crippen LogP) is 3.58. The fourth-order valence-electron chi connectivity index (χ4n) is 2.38. The normalized spacial score (nSPS) is 12.5. The van der Waals surface area contributed by atoms with Gasteiger partial charge in [0.05, 0.1) is 6.33 Å². The van der Waals surface area contributed by atoms with Gasteiger partial charge in [0.25, 0.3) is 0 Å². The summed E-state index contributed by atoms with van der Waals surface area (Å²) < 4.78 is 2.12. The van der Waals surface area contributed by atoms with Gasteiger partial charge in [0.2, 0.25) is 0 Å². The number of hydrogen-bond donors (Lipinski definition) is 1. The second-order valence-corrected chi connectivity index (χ2v) is 5.32. The second-order valence-electron chi connectivity index (χ2n) is 5.32. The first kappa shape index (κ1) is 14.8. The van der Waals surface area contributed by atoms with Crippen molar-refractivity contribution in [2.75, 3.05) is 6.54 Å². The molecule has 20 heavy (non-hydrogen) atoms. The van der Waals surface area contributed by atoms with Crippen LogP contribution >= 0.6 is 0 Å². The van der Waals surface area contributed by atoms with E-state index in [0.29, 0.717) is 6.04 Å². The molecule has 2 rings (SSSR count). The maximum absolute atomic E-state index is 4.05. The second kappa shape index (κ2) is 7.85. The molecule has 3 nitrogen and oxygen atoms in total. The fraction of sp³-hybridized carbons (Fsp3) is 0.471. The molecule has 0 bridgehead atoms. The molecule has 0 saturated heterocycles. The molecule has 1 aromatic heterocycles. The van der Waals surface area contributed by atoms with Gasteiger partial charge in [0, 0.05) is 25.0 Å². The van der Waals surface area contributed by atoms with Crippen LogP contribution < -0.4 is 5.32 Å². The van der Waals surface area contributed by atoms with Gasteiger partial charge in [-0.3, -0.25) is 0 Å². The number of imidazole rings is 1. The van der Waals surface area contributed by atoms with Crippen LogP contribution in [0.4, 0.5) is 0 Å². The molecule has 0 aliphatic rings. The number of aromatic nitrogens is 2. The highest BCUT2D eigenvalue weighted by Crippen LogP contribution is 2.14. The molecule has 0 spiro atoms. The Morgan fingerprint density at radius 3 is 2.70 bits per heavy atom. The molecule has 0 aliphatic heterocycles. The van der Waals surface area contributed by atoms with Crippen LogP contribution in [-0.2, 0) is 13.0 Å². The van der Waals surface area contributed by atoms with E-state index in [9.17, 15) is 0 Å². The van der Waals surface area contributed by atoms with Crippen LogP contribution in [0.5, 0.6) is 0 Å². The molecule has 1 heterocycles.